The number of nitrogens with zero attached hydrogens (tertiary/aromatic N) is 2. The number of methoxy groups -OCH3 is 1. The van der Waals surface area contributed by atoms with Crippen molar-refractivity contribution in [3.8, 4) is 11.5 Å². The first-order chi connectivity index (χ1) is 12.1. The van der Waals surface area contributed by atoms with E-state index in [4.69, 9.17) is 9.47 Å². The number of benzene rings is 1. The number of carbonyl (C=O) groups excluding carboxylic acids is 1. The maximum Gasteiger partial charge on any atom is 0.257 e. The van der Waals surface area contributed by atoms with Crippen molar-refractivity contribution >= 4 is 22.4 Å². The summed E-state index contributed by atoms with van der Waals surface area (Å²) in [7, 11) is 1.56. The molecule has 7 heteroatoms. The lowest BCUT2D eigenvalue weighted by Crippen LogP contribution is -2.29. The number of aromatic nitrogens is 1. The highest BCUT2D eigenvalue weighted by atomic mass is 32.1. The summed E-state index contributed by atoms with van der Waals surface area (Å²) in [4.78, 5) is 20.7. The van der Waals surface area contributed by atoms with Crippen LogP contribution in [0.3, 0.4) is 0 Å². The highest BCUT2D eigenvalue weighted by Crippen LogP contribution is 2.30. The first-order valence-electron chi connectivity index (χ1n) is 8.47. The van der Waals surface area contributed by atoms with Crippen LogP contribution < -0.4 is 14.8 Å². The van der Waals surface area contributed by atoms with Gasteiger partial charge in [-0.05, 0) is 31.7 Å². The summed E-state index contributed by atoms with van der Waals surface area (Å²) in [6, 6.07) is 5.17. The number of amides is 1. The number of hydrogen-bond acceptors (Lipinski definition) is 6. The molecule has 0 unspecified atom stereocenters. The topological polar surface area (TPSA) is 63.7 Å². The number of hydrogen-bond donors (Lipinski definition) is 1. The second kappa shape index (κ2) is 7.84. The molecular weight excluding hydrogens is 338 g/mol. The van der Waals surface area contributed by atoms with Gasteiger partial charge in [-0.2, -0.15) is 0 Å². The highest BCUT2D eigenvalue weighted by molar-refractivity contribution is 7.15. The normalized spacial score (nSPS) is 14.0. The van der Waals surface area contributed by atoms with E-state index >= 15 is 0 Å². The molecule has 25 heavy (non-hydrogen) atoms. The Labute approximate surface area is 151 Å². The molecule has 0 radical (unpaired) electrons. The average Bonchev–Trinajstić information content (AvgIpc) is 3.03. The Morgan fingerprint density at radius 2 is 2.20 bits per heavy atom. The summed E-state index contributed by atoms with van der Waals surface area (Å²) in [5, 5.41) is 3.56. The van der Waals surface area contributed by atoms with Crippen LogP contribution in [0.15, 0.2) is 18.2 Å². The third kappa shape index (κ3) is 3.93. The summed E-state index contributed by atoms with van der Waals surface area (Å²) in [6.45, 7) is 7.58. The van der Waals surface area contributed by atoms with Gasteiger partial charge >= 0.3 is 0 Å². The molecule has 2 aromatic rings. The quantitative estimate of drug-likeness (QED) is 0.856. The van der Waals surface area contributed by atoms with Crippen molar-refractivity contribution in [2.75, 3.05) is 32.1 Å². The Morgan fingerprint density at radius 3 is 2.92 bits per heavy atom. The van der Waals surface area contributed by atoms with Crippen LogP contribution in [0.1, 0.15) is 34.8 Å². The molecule has 0 aliphatic carbocycles. The van der Waals surface area contributed by atoms with Crippen LogP contribution in [-0.4, -0.2) is 42.6 Å². The average molecular weight is 361 g/mol. The minimum atomic E-state index is -0.195. The maximum absolute atomic E-state index is 12.5. The molecule has 1 aromatic heterocycles. The monoisotopic (exact) mass is 361 g/mol. The lowest BCUT2D eigenvalue weighted by atomic mass is 10.2. The van der Waals surface area contributed by atoms with Gasteiger partial charge in [0.15, 0.2) is 16.6 Å². The number of nitrogens with one attached hydrogen (secondary N) is 1. The molecule has 0 saturated carbocycles. The minimum Gasteiger partial charge on any atom is -0.493 e. The fourth-order valence-electron chi connectivity index (χ4n) is 2.82. The number of ether oxygens (including phenoxy) is 2. The third-order valence-corrected chi connectivity index (χ3v) is 5.20. The maximum atomic E-state index is 12.5. The largest absolute Gasteiger partial charge is 0.493 e. The number of fused-ring (bicyclic) bond motifs is 1. The van der Waals surface area contributed by atoms with E-state index in [1.54, 1.807) is 36.6 Å². The molecule has 1 aromatic carbocycles. The molecule has 3 rings (SSSR count). The number of thiazole rings is 1. The minimum absolute atomic E-state index is 0.195. The molecule has 2 heterocycles. The van der Waals surface area contributed by atoms with Crippen LogP contribution in [0.25, 0.3) is 0 Å². The van der Waals surface area contributed by atoms with Gasteiger partial charge in [-0.3, -0.25) is 15.0 Å². The smallest absolute Gasteiger partial charge is 0.257 e. The summed E-state index contributed by atoms with van der Waals surface area (Å²) in [5.41, 5.74) is 1.62. The summed E-state index contributed by atoms with van der Waals surface area (Å²) in [6.07, 6.45) is 0.937. The zero-order valence-corrected chi connectivity index (χ0v) is 15.6. The van der Waals surface area contributed by atoms with E-state index in [0.717, 1.165) is 31.7 Å². The molecule has 134 valence electrons. The van der Waals surface area contributed by atoms with Crippen LogP contribution >= 0.6 is 11.3 Å². The molecule has 0 atom stereocenters. The van der Waals surface area contributed by atoms with Crippen molar-refractivity contribution in [1.29, 1.82) is 0 Å². The van der Waals surface area contributed by atoms with Gasteiger partial charge in [-0.15, -0.1) is 11.3 Å². The van der Waals surface area contributed by atoms with Gasteiger partial charge in [0.25, 0.3) is 5.91 Å². The van der Waals surface area contributed by atoms with Crippen LogP contribution in [0.4, 0.5) is 5.13 Å². The van der Waals surface area contributed by atoms with Crippen molar-refractivity contribution in [2.45, 2.75) is 26.8 Å². The fraction of sp³-hybridized carbons (Fsp3) is 0.444. The Hall–Kier alpha value is -2.12. The zero-order chi connectivity index (χ0) is 17.8. The van der Waals surface area contributed by atoms with E-state index in [9.17, 15) is 4.79 Å². The lowest BCUT2D eigenvalue weighted by molar-refractivity contribution is 0.102. The molecule has 0 fully saturated rings. The predicted octanol–water partition coefficient (Wildman–Crippen LogP) is 3.18. The molecule has 0 spiro atoms. The van der Waals surface area contributed by atoms with Gasteiger partial charge in [0.1, 0.15) is 0 Å². The Balaban J connectivity index is 1.73. The van der Waals surface area contributed by atoms with Crippen molar-refractivity contribution in [3.05, 3.63) is 34.3 Å². The van der Waals surface area contributed by atoms with E-state index < -0.39 is 0 Å². The second-order valence-electron chi connectivity index (χ2n) is 5.76. The van der Waals surface area contributed by atoms with E-state index in [0.29, 0.717) is 28.8 Å². The first-order valence-corrected chi connectivity index (χ1v) is 9.29. The first kappa shape index (κ1) is 17.7. The summed E-state index contributed by atoms with van der Waals surface area (Å²) in [5.74, 6) is 0.984. The van der Waals surface area contributed by atoms with E-state index in [2.05, 4.69) is 22.1 Å². The Bertz CT molecular complexity index is 760. The van der Waals surface area contributed by atoms with Gasteiger partial charge in [0.05, 0.1) is 19.4 Å². The zero-order valence-electron chi connectivity index (χ0n) is 14.8. The fourth-order valence-corrected chi connectivity index (χ4v) is 3.87. The predicted molar refractivity (Wildman–Crippen MR) is 98.9 cm³/mol. The number of anilines is 1. The van der Waals surface area contributed by atoms with Gasteiger partial charge in [0.2, 0.25) is 0 Å². The Kier molecular flexibility index (Phi) is 5.55. The number of likely N-dealkylation sites (N-methyl/N-ethyl adjacent to an activating group) is 1. The van der Waals surface area contributed by atoms with Crippen LogP contribution in [0, 0.1) is 0 Å². The molecule has 1 aliphatic heterocycles. The summed E-state index contributed by atoms with van der Waals surface area (Å²) < 4.78 is 10.8. The molecule has 1 N–H and O–H groups in total. The van der Waals surface area contributed by atoms with Crippen molar-refractivity contribution in [1.82, 2.24) is 9.88 Å². The lowest BCUT2D eigenvalue weighted by Gasteiger charge is -2.23. The SMILES string of the molecule is CCOc1ccc(C(=O)Nc2nc3c(s2)CN(CC)CC3)cc1OC. The molecule has 6 nitrogen and oxygen atoms in total. The van der Waals surface area contributed by atoms with Gasteiger partial charge in [-0.25, -0.2) is 4.98 Å². The van der Waals surface area contributed by atoms with Gasteiger partial charge < -0.3 is 9.47 Å². The molecule has 1 aliphatic rings. The van der Waals surface area contributed by atoms with E-state index in [1.807, 2.05) is 6.92 Å². The van der Waals surface area contributed by atoms with E-state index in [-0.39, 0.29) is 5.91 Å². The highest BCUT2D eigenvalue weighted by Gasteiger charge is 2.21. The Morgan fingerprint density at radius 1 is 1.36 bits per heavy atom. The standard InChI is InChI=1S/C18H23N3O3S/c1-4-21-9-8-13-16(11-21)25-18(19-13)20-17(22)12-6-7-14(24-5-2)15(10-12)23-3/h6-7,10H,4-5,8-9,11H2,1-3H3,(H,19,20,22). The second-order valence-corrected chi connectivity index (χ2v) is 6.84. The molecule has 0 bridgehead atoms. The van der Waals surface area contributed by atoms with Crippen LogP contribution in [0.5, 0.6) is 11.5 Å². The van der Waals surface area contributed by atoms with Crippen molar-refractivity contribution in [2.24, 2.45) is 0 Å². The number of carbonyl (C=O) groups is 1. The summed E-state index contributed by atoms with van der Waals surface area (Å²) >= 11 is 1.56. The van der Waals surface area contributed by atoms with Crippen LogP contribution in [0.2, 0.25) is 0 Å². The van der Waals surface area contributed by atoms with Gasteiger partial charge in [-0.1, -0.05) is 6.92 Å². The molecule has 1 amide bonds. The van der Waals surface area contributed by atoms with Crippen LogP contribution in [-0.2, 0) is 13.0 Å². The van der Waals surface area contributed by atoms with E-state index in [1.165, 1.54) is 4.88 Å². The van der Waals surface area contributed by atoms with Crippen molar-refractivity contribution < 1.29 is 14.3 Å². The third-order valence-electron chi connectivity index (χ3n) is 4.20. The van der Waals surface area contributed by atoms with Gasteiger partial charge in [0, 0.05) is 30.0 Å². The molecule has 0 saturated heterocycles. The van der Waals surface area contributed by atoms with Crippen molar-refractivity contribution in [3.63, 3.8) is 0 Å². The molecular formula is C18H23N3O3S. The number of rotatable bonds is 6.